The lowest BCUT2D eigenvalue weighted by atomic mass is 10.2. The number of nitrogens with one attached hydrogen (secondary N) is 1. The third-order valence-corrected chi connectivity index (χ3v) is 6.11. The fraction of sp³-hybridized carbons (Fsp3) is 0.0909. The highest BCUT2D eigenvalue weighted by Gasteiger charge is 2.26. The van der Waals surface area contributed by atoms with E-state index < -0.39 is 28.3 Å². The van der Waals surface area contributed by atoms with Crippen LogP contribution in [0.5, 0.6) is 5.75 Å². The number of phenols is 1. The van der Waals surface area contributed by atoms with Crippen molar-refractivity contribution >= 4 is 22.1 Å². The minimum Gasteiger partial charge on any atom is -0.507 e. The van der Waals surface area contributed by atoms with Crippen molar-refractivity contribution < 1.29 is 22.7 Å². The second kappa shape index (κ2) is 9.96. The Labute approximate surface area is 179 Å². The number of carbonyl (C=O) groups is 1. The Morgan fingerprint density at radius 1 is 1.00 bits per heavy atom. The number of halogens is 1. The Morgan fingerprint density at radius 2 is 1.65 bits per heavy atom. The van der Waals surface area contributed by atoms with Crippen molar-refractivity contribution in [3.63, 3.8) is 0 Å². The van der Waals surface area contributed by atoms with Crippen LogP contribution in [0.4, 0.5) is 4.39 Å². The maximum absolute atomic E-state index is 13.2. The number of hydrogen-bond donors (Lipinski definition) is 2. The number of carbonyl (C=O) groups excluding carboxylic acids is 1. The van der Waals surface area contributed by atoms with Crippen LogP contribution in [0.15, 0.2) is 88.9 Å². The Bertz CT molecular complexity index is 1170. The molecule has 0 atom stereocenters. The van der Waals surface area contributed by atoms with Crippen molar-refractivity contribution in [3.05, 3.63) is 95.8 Å². The van der Waals surface area contributed by atoms with Crippen LogP contribution in [0.25, 0.3) is 0 Å². The summed E-state index contributed by atoms with van der Waals surface area (Å²) in [6, 6.07) is 19.5. The molecule has 31 heavy (non-hydrogen) atoms. The first kappa shape index (κ1) is 22.1. The van der Waals surface area contributed by atoms with Crippen LogP contribution < -0.4 is 5.43 Å². The Hall–Kier alpha value is -3.56. The molecule has 0 unspecified atom stereocenters. The van der Waals surface area contributed by atoms with Gasteiger partial charge in [0.25, 0.3) is 5.91 Å². The van der Waals surface area contributed by atoms with Crippen molar-refractivity contribution in [3.8, 4) is 5.75 Å². The molecule has 0 heterocycles. The smallest absolute Gasteiger partial charge is 0.255 e. The molecule has 3 aromatic carbocycles. The molecule has 3 aromatic rings. The predicted molar refractivity (Wildman–Crippen MR) is 114 cm³/mol. The van der Waals surface area contributed by atoms with Gasteiger partial charge in [0.1, 0.15) is 11.6 Å². The van der Waals surface area contributed by atoms with E-state index in [2.05, 4.69) is 10.5 Å². The summed E-state index contributed by atoms with van der Waals surface area (Å²) in [7, 11) is -4.00. The molecule has 7 nitrogen and oxygen atoms in total. The number of phenolic OH excluding ortho intramolecular Hbond substituents is 1. The zero-order valence-electron chi connectivity index (χ0n) is 16.3. The van der Waals surface area contributed by atoms with E-state index in [1.807, 2.05) is 0 Å². The van der Waals surface area contributed by atoms with E-state index in [1.54, 1.807) is 36.4 Å². The second-order valence-electron chi connectivity index (χ2n) is 6.56. The number of sulfonamides is 1. The van der Waals surface area contributed by atoms with Crippen molar-refractivity contribution in [2.75, 3.05) is 6.54 Å². The fourth-order valence-corrected chi connectivity index (χ4v) is 4.13. The first-order chi connectivity index (χ1) is 14.9. The lowest BCUT2D eigenvalue weighted by Crippen LogP contribution is -2.39. The van der Waals surface area contributed by atoms with Crippen LogP contribution in [0.2, 0.25) is 0 Å². The summed E-state index contributed by atoms with van der Waals surface area (Å²) < 4.78 is 40.4. The molecule has 0 aliphatic carbocycles. The van der Waals surface area contributed by atoms with Crippen LogP contribution in [-0.4, -0.2) is 36.5 Å². The van der Waals surface area contributed by atoms with E-state index in [0.717, 1.165) is 4.31 Å². The number of amides is 1. The monoisotopic (exact) mass is 441 g/mol. The molecule has 0 spiro atoms. The molecule has 160 valence electrons. The van der Waals surface area contributed by atoms with E-state index in [0.29, 0.717) is 11.1 Å². The molecule has 3 rings (SSSR count). The van der Waals surface area contributed by atoms with Crippen LogP contribution in [0.3, 0.4) is 0 Å². The maximum atomic E-state index is 13.2. The van der Waals surface area contributed by atoms with E-state index in [1.165, 1.54) is 48.7 Å². The lowest BCUT2D eigenvalue weighted by Gasteiger charge is -2.21. The predicted octanol–water partition coefficient (Wildman–Crippen LogP) is 2.87. The molecule has 0 saturated heterocycles. The quantitative estimate of drug-likeness (QED) is 0.415. The van der Waals surface area contributed by atoms with Gasteiger partial charge in [-0.05, 0) is 42.0 Å². The van der Waals surface area contributed by atoms with Gasteiger partial charge in [0.15, 0.2) is 0 Å². The van der Waals surface area contributed by atoms with Crippen LogP contribution in [0.1, 0.15) is 11.1 Å². The Kier molecular flexibility index (Phi) is 7.11. The number of nitrogens with zero attached hydrogens (tertiary/aromatic N) is 2. The topological polar surface area (TPSA) is 99.1 Å². The number of hydrogen-bond acceptors (Lipinski definition) is 5. The maximum Gasteiger partial charge on any atom is 0.255 e. The number of aromatic hydroxyl groups is 1. The number of benzene rings is 3. The van der Waals surface area contributed by atoms with Crippen molar-refractivity contribution in [1.29, 1.82) is 0 Å². The molecule has 0 aliphatic heterocycles. The Balaban J connectivity index is 1.78. The van der Waals surface area contributed by atoms with Gasteiger partial charge in [-0.3, -0.25) is 4.79 Å². The molecule has 9 heteroatoms. The first-order valence-corrected chi connectivity index (χ1v) is 10.7. The molecular weight excluding hydrogens is 421 g/mol. The summed E-state index contributed by atoms with van der Waals surface area (Å²) >= 11 is 0. The summed E-state index contributed by atoms with van der Waals surface area (Å²) in [6.07, 6.45) is 1.25. The molecule has 0 bridgehead atoms. The van der Waals surface area contributed by atoms with Crippen LogP contribution in [-0.2, 0) is 21.4 Å². The Morgan fingerprint density at radius 3 is 2.32 bits per heavy atom. The fourth-order valence-electron chi connectivity index (χ4n) is 2.73. The average molecular weight is 441 g/mol. The van der Waals surface area contributed by atoms with Gasteiger partial charge in [-0.15, -0.1) is 0 Å². The largest absolute Gasteiger partial charge is 0.507 e. The molecule has 0 fully saturated rings. The van der Waals surface area contributed by atoms with Crippen molar-refractivity contribution in [2.45, 2.75) is 11.4 Å². The third-order valence-electron chi connectivity index (χ3n) is 4.30. The molecule has 2 N–H and O–H groups in total. The van der Waals surface area contributed by atoms with Gasteiger partial charge in [-0.2, -0.15) is 9.41 Å². The van der Waals surface area contributed by atoms with E-state index in [4.69, 9.17) is 0 Å². The second-order valence-corrected chi connectivity index (χ2v) is 8.50. The van der Waals surface area contributed by atoms with Crippen molar-refractivity contribution in [1.82, 2.24) is 9.73 Å². The molecule has 0 saturated carbocycles. The number of hydrazone groups is 1. The summed E-state index contributed by atoms with van der Waals surface area (Å²) in [5, 5.41) is 13.5. The van der Waals surface area contributed by atoms with Gasteiger partial charge in [0.2, 0.25) is 10.0 Å². The van der Waals surface area contributed by atoms with Gasteiger partial charge in [0, 0.05) is 12.1 Å². The summed E-state index contributed by atoms with van der Waals surface area (Å²) in [5.74, 6) is -1.13. The number of para-hydroxylation sites is 1. The van der Waals surface area contributed by atoms with Gasteiger partial charge in [0.05, 0.1) is 17.7 Å². The van der Waals surface area contributed by atoms with Crippen molar-refractivity contribution in [2.24, 2.45) is 5.10 Å². The SMILES string of the molecule is O=C(CN(Cc1ccc(F)cc1)S(=O)(=O)c1ccccc1)N/N=C\c1ccccc1O. The highest BCUT2D eigenvalue weighted by Crippen LogP contribution is 2.18. The van der Waals surface area contributed by atoms with E-state index in [9.17, 15) is 22.7 Å². The van der Waals surface area contributed by atoms with E-state index >= 15 is 0 Å². The standard InChI is InChI=1S/C22H20FN3O4S/c23-19-12-10-17(11-13-19)15-26(31(29,30)20-7-2-1-3-8-20)16-22(28)25-24-14-18-6-4-5-9-21(18)27/h1-14,27H,15-16H2,(H,25,28)/b24-14-. The zero-order chi connectivity index (χ0) is 22.3. The lowest BCUT2D eigenvalue weighted by molar-refractivity contribution is -0.121. The minimum absolute atomic E-state index is 0.00918. The van der Waals surface area contributed by atoms with Gasteiger partial charge in [-0.25, -0.2) is 18.2 Å². The summed E-state index contributed by atoms with van der Waals surface area (Å²) in [4.78, 5) is 12.4. The first-order valence-electron chi connectivity index (χ1n) is 9.26. The normalized spacial score (nSPS) is 11.7. The van der Waals surface area contributed by atoms with Crippen LogP contribution >= 0.6 is 0 Å². The van der Waals surface area contributed by atoms with Crippen LogP contribution in [0, 0.1) is 5.82 Å². The molecule has 0 aromatic heterocycles. The van der Waals surface area contributed by atoms with Gasteiger partial charge in [-0.1, -0.05) is 42.5 Å². The summed E-state index contributed by atoms with van der Waals surface area (Å²) in [5.41, 5.74) is 3.17. The highest BCUT2D eigenvalue weighted by molar-refractivity contribution is 7.89. The molecule has 0 aliphatic rings. The zero-order valence-corrected chi connectivity index (χ0v) is 17.2. The third kappa shape index (κ3) is 5.97. The number of rotatable bonds is 8. The minimum atomic E-state index is -4.00. The average Bonchev–Trinajstić information content (AvgIpc) is 2.77. The highest BCUT2D eigenvalue weighted by atomic mass is 32.2. The van der Waals surface area contributed by atoms with Gasteiger partial charge >= 0.3 is 0 Å². The molecular formula is C22H20FN3O4S. The summed E-state index contributed by atoms with van der Waals surface area (Å²) in [6.45, 7) is -0.638. The molecule has 1 amide bonds. The van der Waals surface area contributed by atoms with Gasteiger partial charge < -0.3 is 5.11 Å². The van der Waals surface area contributed by atoms with E-state index in [-0.39, 0.29) is 17.2 Å². The molecule has 0 radical (unpaired) electrons.